The van der Waals surface area contributed by atoms with E-state index >= 15 is 0 Å². The van der Waals surface area contributed by atoms with Crippen molar-refractivity contribution >= 4 is 29.1 Å². The first-order valence-electron chi connectivity index (χ1n) is 7.17. The number of hydrogen-bond acceptors (Lipinski definition) is 3. The third kappa shape index (κ3) is 5.19. The van der Waals surface area contributed by atoms with Gasteiger partial charge in [0.2, 0.25) is 0 Å². The second-order valence-electron chi connectivity index (χ2n) is 5.68. The highest BCUT2D eigenvalue weighted by molar-refractivity contribution is 7.98. The zero-order valence-corrected chi connectivity index (χ0v) is 14.8. The number of hydrogen-bond donors (Lipinski definition) is 1. The van der Waals surface area contributed by atoms with Gasteiger partial charge in [-0.05, 0) is 37.8 Å². The molecule has 0 saturated carbocycles. The second kappa shape index (κ2) is 8.81. The van der Waals surface area contributed by atoms with Gasteiger partial charge in [-0.25, -0.2) is 0 Å². The van der Waals surface area contributed by atoms with E-state index < -0.39 is 0 Å². The van der Waals surface area contributed by atoms with Gasteiger partial charge in [0, 0.05) is 41.7 Å². The molecule has 1 unspecified atom stereocenters. The minimum absolute atomic E-state index is 0.493. The summed E-state index contributed by atoms with van der Waals surface area (Å²) in [4.78, 5) is 2.33. The molecule has 0 aliphatic carbocycles. The molecule has 2 nitrogen and oxygen atoms in total. The van der Waals surface area contributed by atoms with Gasteiger partial charge in [0.1, 0.15) is 0 Å². The third-order valence-corrected chi connectivity index (χ3v) is 4.57. The summed E-state index contributed by atoms with van der Waals surface area (Å²) in [5.74, 6) is 1.76. The minimum Gasteiger partial charge on any atom is -0.371 e. The average molecular weight is 315 g/mol. The Hall–Kier alpha value is -0.380. The van der Waals surface area contributed by atoms with E-state index in [0.717, 1.165) is 23.9 Å². The minimum atomic E-state index is 0.493. The Bertz CT molecular complexity index is 409. The van der Waals surface area contributed by atoms with Crippen LogP contribution < -0.4 is 10.2 Å². The van der Waals surface area contributed by atoms with Gasteiger partial charge < -0.3 is 10.2 Å². The van der Waals surface area contributed by atoms with E-state index in [2.05, 4.69) is 50.4 Å². The number of anilines is 1. The fourth-order valence-corrected chi connectivity index (χ4v) is 3.07. The Morgan fingerprint density at radius 2 is 2.00 bits per heavy atom. The Balaban J connectivity index is 2.86. The lowest BCUT2D eigenvalue weighted by atomic mass is 10.1. The van der Waals surface area contributed by atoms with Gasteiger partial charge in [-0.2, -0.15) is 11.8 Å². The zero-order valence-electron chi connectivity index (χ0n) is 13.2. The Morgan fingerprint density at radius 1 is 1.30 bits per heavy atom. The molecular weight excluding hydrogens is 288 g/mol. The normalized spacial score (nSPS) is 12.8. The van der Waals surface area contributed by atoms with Crippen molar-refractivity contribution in [1.82, 2.24) is 5.32 Å². The van der Waals surface area contributed by atoms with Gasteiger partial charge in [0.05, 0.1) is 0 Å². The van der Waals surface area contributed by atoms with Crippen LogP contribution in [0.15, 0.2) is 18.2 Å². The van der Waals surface area contributed by atoms with Crippen LogP contribution in [-0.2, 0) is 6.54 Å². The molecule has 0 heterocycles. The number of rotatable bonds is 8. The lowest BCUT2D eigenvalue weighted by Gasteiger charge is -2.29. The zero-order chi connectivity index (χ0) is 15.1. The number of benzene rings is 1. The summed E-state index contributed by atoms with van der Waals surface area (Å²) in [7, 11) is 2.15. The van der Waals surface area contributed by atoms with Crippen molar-refractivity contribution in [2.24, 2.45) is 5.92 Å². The first-order chi connectivity index (χ1) is 9.47. The molecule has 4 heteroatoms. The molecule has 0 radical (unpaired) electrons. The molecule has 0 aliphatic heterocycles. The van der Waals surface area contributed by atoms with E-state index in [-0.39, 0.29) is 0 Å². The molecule has 0 saturated heterocycles. The maximum atomic E-state index is 6.40. The molecule has 1 aromatic rings. The number of halogens is 1. The quantitative estimate of drug-likeness (QED) is 0.771. The molecule has 20 heavy (non-hydrogen) atoms. The highest BCUT2D eigenvalue weighted by Gasteiger charge is 2.15. The maximum absolute atomic E-state index is 6.40. The van der Waals surface area contributed by atoms with Crippen LogP contribution in [0.1, 0.15) is 26.3 Å². The SMILES string of the molecule is CSCC(C)N(C)c1cccc(Cl)c1CNCC(C)C. The molecule has 1 aromatic carbocycles. The molecule has 0 bridgehead atoms. The van der Waals surface area contributed by atoms with E-state index in [1.165, 1.54) is 11.3 Å². The smallest absolute Gasteiger partial charge is 0.0471 e. The number of nitrogens with zero attached hydrogens (tertiary/aromatic N) is 1. The van der Waals surface area contributed by atoms with Gasteiger partial charge in [0.25, 0.3) is 0 Å². The Kier molecular flexibility index (Phi) is 7.78. The number of nitrogens with one attached hydrogen (secondary N) is 1. The third-order valence-electron chi connectivity index (χ3n) is 3.40. The molecule has 0 aromatic heterocycles. The molecule has 1 rings (SSSR count). The van der Waals surface area contributed by atoms with E-state index in [9.17, 15) is 0 Å². The lowest BCUT2D eigenvalue weighted by molar-refractivity contribution is 0.552. The van der Waals surface area contributed by atoms with Crippen LogP contribution in [0, 0.1) is 5.92 Å². The first-order valence-corrected chi connectivity index (χ1v) is 8.94. The molecule has 0 aliphatic rings. The molecule has 1 N–H and O–H groups in total. The van der Waals surface area contributed by atoms with Crippen LogP contribution in [0.5, 0.6) is 0 Å². The van der Waals surface area contributed by atoms with E-state index in [4.69, 9.17) is 11.6 Å². The van der Waals surface area contributed by atoms with Crippen LogP contribution in [0.25, 0.3) is 0 Å². The van der Waals surface area contributed by atoms with Gasteiger partial charge >= 0.3 is 0 Å². The predicted molar refractivity (Wildman–Crippen MR) is 94.2 cm³/mol. The van der Waals surface area contributed by atoms with Crippen LogP contribution in [0.2, 0.25) is 5.02 Å². The van der Waals surface area contributed by atoms with Crippen molar-refractivity contribution < 1.29 is 0 Å². The summed E-state index contributed by atoms with van der Waals surface area (Å²) in [5.41, 5.74) is 2.43. The molecule has 0 fully saturated rings. The van der Waals surface area contributed by atoms with Crippen LogP contribution in [0.3, 0.4) is 0 Å². The molecular formula is C16H27ClN2S. The van der Waals surface area contributed by atoms with Crippen LogP contribution >= 0.6 is 23.4 Å². The molecule has 0 amide bonds. The van der Waals surface area contributed by atoms with Crippen LogP contribution in [-0.4, -0.2) is 31.6 Å². The van der Waals surface area contributed by atoms with E-state index in [1.54, 1.807) is 0 Å². The van der Waals surface area contributed by atoms with Gasteiger partial charge in [-0.15, -0.1) is 0 Å². The van der Waals surface area contributed by atoms with Crippen molar-refractivity contribution in [3.05, 3.63) is 28.8 Å². The Labute approximate surface area is 133 Å². The molecule has 0 spiro atoms. The van der Waals surface area contributed by atoms with Crippen molar-refractivity contribution in [2.75, 3.05) is 30.5 Å². The summed E-state index contributed by atoms with van der Waals surface area (Å²) in [6.07, 6.45) is 2.15. The van der Waals surface area contributed by atoms with Crippen molar-refractivity contribution in [1.29, 1.82) is 0 Å². The predicted octanol–water partition coefficient (Wildman–Crippen LogP) is 4.27. The standard InChI is InChI=1S/C16H27ClN2S/c1-12(2)9-18-10-14-15(17)7-6-8-16(14)19(4)13(3)11-20-5/h6-8,12-13,18H,9-11H2,1-5H3. The van der Waals surface area contributed by atoms with Crippen molar-refractivity contribution in [3.63, 3.8) is 0 Å². The van der Waals surface area contributed by atoms with Crippen molar-refractivity contribution in [3.8, 4) is 0 Å². The van der Waals surface area contributed by atoms with Gasteiger partial charge in [-0.3, -0.25) is 0 Å². The van der Waals surface area contributed by atoms with Gasteiger partial charge in [0.15, 0.2) is 0 Å². The summed E-state index contributed by atoms with van der Waals surface area (Å²) in [6.45, 7) is 8.52. The van der Waals surface area contributed by atoms with Crippen molar-refractivity contribution in [2.45, 2.75) is 33.4 Å². The summed E-state index contributed by atoms with van der Waals surface area (Å²) < 4.78 is 0. The first kappa shape index (κ1) is 17.7. The highest BCUT2D eigenvalue weighted by Crippen LogP contribution is 2.28. The van der Waals surface area contributed by atoms with Crippen LogP contribution in [0.4, 0.5) is 5.69 Å². The van der Waals surface area contributed by atoms with Gasteiger partial charge in [-0.1, -0.05) is 31.5 Å². The molecule has 114 valence electrons. The Morgan fingerprint density at radius 3 is 2.60 bits per heavy atom. The molecule has 1 atom stereocenters. The van der Waals surface area contributed by atoms with E-state index in [0.29, 0.717) is 12.0 Å². The topological polar surface area (TPSA) is 15.3 Å². The maximum Gasteiger partial charge on any atom is 0.0471 e. The average Bonchev–Trinajstić information content (AvgIpc) is 2.39. The fraction of sp³-hybridized carbons (Fsp3) is 0.625. The summed E-state index contributed by atoms with van der Waals surface area (Å²) in [6, 6.07) is 6.67. The van der Waals surface area contributed by atoms with E-state index in [1.807, 2.05) is 23.9 Å². The summed E-state index contributed by atoms with van der Waals surface area (Å²) >= 11 is 8.27. The highest BCUT2D eigenvalue weighted by atomic mass is 35.5. The largest absolute Gasteiger partial charge is 0.371 e. The fourth-order valence-electron chi connectivity index (χ4n) is 2.13. The lowest BCUT2D eigenvalue weighted by Crippen LogP contribution is -2.32. The monoisotopic (exact) mass is 314 g/mol. The number of thioether (sulfide) groups is 1. The second-order valence-corrected chi connectivity index (χ2v) is 7.00. The summed E-state index contributed by atoms with van der Waals surface area (Å²) in [5, 5.41) is 4.34.